The number of ether oxygens (including phenoxy) is 2. The average molecular weight is 449 g/mol. The smallest absolute Gasteiger partial charge is 0.119 e. The Kier molecular flexibility index (Phi) is 11.4. The Bertz CT molecular complexity index is 797. The summed E-state index contributed by atoms with van der Waals surface area (Å²) in [5.41, 5.74) is 2.54. The van der Waals surface area contributed by atoms with Gasteiger partial charge in [-0.15, -0.1) is 0 Å². The molecule has 0 saturated heterocycles. The van der Waals surface area contributed by atoms with E-state index in [-0.39, 0.29) is 0 Å². The van der Waals surface area contributed by atoms with Crippen molar-refractivity contribution < 1.29 is 9.47 Å². The quantitative estimate of drug-likeness (QED) is 0.235. The molecule has 3 rings (SSSR count). The van der Waals surface area contributed by atoms with Gasteiger partial charge >= 0.3 is 0 Å². The molecule has 2 nitrogen and oxygen atoms in total. The van der Waals surface area contributed by atoms with Crippen LogP contribution in [-0.2, 0) is 4.74 Å². The second kappa shape index (κ2) is 14.8. The highest BCUT2D eigenvalue weighted by Gasteiger charge is 2.21. The molecule has 0 spiro atoms. The molecule has 1 aromatic rings. The van der Waals surface area contributed by atoms with Crippen molar-refractivity contribution in [3.05, 3.63) is 72.0 Å². The number of benzene rings is 1. The number of hydrogen-bond donors (Lipinski definition) is 0. The Balaban J connectivity index is 1.38. The zero-order valence-electron chi connectivity index (χ0n) is 20.9. The van der Waals surface area contributed by atoms with Crippen LogP contribution in [0.25, 0.3) is 5.57 Å². The van der Waals surface area contributed by atoms with Crippen molar-refractivity contribution in [2.24, 2.45) is 11.8 Å². The molecule has 0 heterocycles. The monoisotopic (exact) mass is 448 g/mol. The van der Waals surface area contributed by atoms with E-state index in [1.54, 1.807) is 0 Å². The van der Waals surface area contributed by atoms with Crippen LogP contribution in [0, 0.1) is 11.8 Å². The number of fused-ring (bicyclic) bond motifs is 1. The summed E-state index contributed by atoms with van der Waals surface area (Å²) in [4.78, 5) is 0. The Morgan fingerprint density at radius 1 is 0.606 bits per heavy atom. The van der Waals surface area contributed by atoms with Crippen LogP contribution in [-0.4, -0.2) is 13.2 Å². The van der Waals surface area contributed by atoms with Crippen molar-refractivity contribution in [3.8, 4) is 5.75 Å². The van der Waals surface area contributed by atoms with Crippen molar-refractivity contribution in [3.63, 3.8) is 0 Å². The van der Waals surface area contributed by atoms with E-state index < -0.39 is 0 Å². The minimum Gasteiger partial charge on any atom is -0.494 e. The van der Waals surface area contributed by atoms with Crippen molar-refractivity contribution >= 4 is 5.57 Å². The van der Waals surface area contributed by atoms with E-state index in [2.05, 4.69) is 74.6 Å². The van der Waals surface area contributed by atoms with Gasteiger partial charge in [0.05, 0.1) is 13.2 Å². The molecule has 2 heteroatoms. The highest BCUT2D eigenvalue weighted by atomic mass is 16.5. The van der Waals surface area contributed by atoms with Gasteiger partial charge in [0.1, 0.15) is 11.5 Å². The van der Waals surface area contributed by atoms with Gasteiger partial charge < -0.3 is 9.47 Å². The summed E-state index contributed by atoms with van der Waals surface area (Å²) in [5.74, 6) is 2.80. The van der Waals surface area contributed by atoms with E-state index in [9.17, 15) is 0 Å². The van der Waals surface area contributed by atoms with Gasteiger partial charge in [0.25, 0.3) is 0 Å². The molecular formula is C31H44O2. The number of allylic oxidation sites excluding steroid dienone is 7. The van der Waals surface area contributed by atoms with Crippen molar-refractivity contribution in [1.82, 2.24) is 0 Å². The third kappa shape index (κ3) is 8.91. The minimum atomic E-state index is 0.397. The minimum absolute atomic E-state index is 0.397. The summed E-state index contributed by atoms with van der Waals surface area (Å²) in [7, 11) is 0. The fraction of sp³-hybridized carbons (Fsp3) is 0.548. The molecule has 2 unspecified atom stereocenters. The number of rotatable bonds is 16. The van der Waals surface area contributed by atoms with Gasteiger partial charge in [-0.1, -0.05) is 108 Å². The fourth-order valence-corrected chi connectivity index (χ4v) is 4.52. The normalized spacial score (nSPS) is 19.1. The Labute approximate surface area is 202 Å². The molecular weight excluding hydrogens is 404 g/mol. The summed E-state index contributed by atoms with van der Waals surface area (Å²) in [6.07, 6.45) is 27.9. The molecule has 2 aliphatic rings. The van der Waals surface area contributed by atoms with Gasteiger partial charge in [0.15, 0.2) is 0 Å². The Morgan fingerprint density at radius 2 is 1.18 bits per heavy atom. The maximum Gasteiger partial charge on any atom is 0.119 e. The topological polar surface area (TPSA) is 18.5 Å². The highest BCUT2D eigenvalue weighted by molar-refractivity contribution is 5.76. The number of unbranched alkanes of at least 4 members (excludes halogenated alkanes) is 9. The molecule has 0 aromatic heterocycles. The summed E-state index contributed by atoms with van der Waals surface area (Å²) in [6, 6.07) is 8.53. The molecule has 0 bridgehead atoms. The third-order valence-electron chi connectivity index (χ3n) is 6.62. The average Bonchev–Trinajstić information content (AvgIpc) is 2.85. The molecule has 33 heavy (non-hydrogen) atoms. The lowest BCUT2D eigenvalue weighted by Gasteiger charge is -2.25. The standard InChI is InChI=1S/C31H44O2/c1-3-5-7-8-9-10-11-13-23-33-31-21-18-28-24-27(14-15-29(28)25-31)26-16-19-30(20-17-26)32-22-12-6-4-2/h14-21,24-25,28-29H,3-13,22-23H2,1-2H3. The van der Waals surface area contributed by atoms with Gasteiger partial charge in [-0.05, 0) is 48.3 Å². The Hall–Kier alpha value is -2.22. The molecule has 0 radical (unpaired) electrons. The van der Waals surface area contributed by atoms with Crippen LogP contribution in [0.2, 0.25) is 0 Å². The number of hydrogen-bond acceptors (Lipinski definition) is 2. The maximum atomic E-state index is 6.05. The Morgan fingerprint density at radius 3 is 1.94 bits per heavy atom. The molecule has 1 aromatic carbocycles. The molecule has 0 amide bonds. The van der Waals surface area contributed by atoms with Gasteiger partial charge in [0, 0.05) is 11.8 Å². The van der Waals surface area contributed by atoms with Crippen molar-refractivity contribution in [1.29, 1.82) is 0 Å². The highest BCUT2D eigenvalue weighted by Crippen LogP contribution is 2.34. The lowest BCUT2D eigenvalue weighted by atomic mass is 9.81. The molecule has 0 aliphatic heterocycles. The summed E-state index contributed by atoms with van der Waals surface area (Å²) in [6.45, 7) is 6.13. The van der Waals surface area contributed by atoms with E-state index in [0.717, 1.165) is 37.6 Å². The van der Waals surface area contributed by atoms with Gasteiger partial charge in [-0.25, -0.2) is 0 Å². The fourth-order valence-electron chi connectivity index (χ4n) is 4.52. The van der Waals surface area contributed by atoms with E-state index >= 15 is 0 Å². The van der Waals surface area contributed by atoms with Crippen LogP contribution in [0.15, 0.2) is 66.5 Å². The van der Waals surface area contributed by atoms with Crippen LogP contribution in [0.5, 0.6) is 5.75 Å². The molecule has 2 aliphatic carbocycles. The summed E-state index contributed by atoms with van der Waals surface area (Å²) >= 11 is 0. The van der Waals surface area contributed by atoms with E-state index in [0.29, 0.717) is 11.8 Å². The van der Waals surface area contributed by atoms with Gasteiger partial charge in [0.2, 0.25) is 0 Å². The van der Waals surface area contributed by atoms with E-state index in [1.165, 1.54) is 68.9 Å². The first-order valence-electron chi connectivity index (χ1n) is 13.5. The van der Waals surface area contributed by atoms with E-state index in [1.807, 2.05) is 0 Å². The SMILES string of the molecule is CCCCCCCCCCOC1=CC2C=CC(c3ccc(OCCCCC)cc3)=CC2C=C1. The lowest BCUT2D eigenvalue weighted by molar-refractivity contribution is 0.212. The predicted octanol–water partition coefficient (Wildman–Crippen LogP) is 9.05. The first-order valence-corrected chi connectivity index (χ1v) is 13.5. The molecule has 2 atom stereocenters. The second-order valence-electron chi connectivity index (χ2n) is 9.47. The zero-order valence-corrected chi connectivity index (χ0v) is 20.9. The zero-order chi connectivity index (χ0) is 23.1. The maximum absolute atomic E-state index is 6.05. The first-order chi connectivity index (χ1) is 16.3. The van der Waals surface area contributed by atoms with Gasteiger partial charge in [-0.2, -0.15) is 0 Å². The van der Waals surface area contributed by atoms with Crippen molar-refractivity contribution in [2.45, 2.75) is 84.5 Å². The summed E-state index contributed by atoms with van der Waals surface area (Å²) in [5, 5.41) is 0. The third-order valence-corrected chi connectivity index (χ3v) is 6.62. The van der Waals surface area contributed by atoms with Crippen LogP contribution in [0.1, 0.15) is 90.0 Å². The van der Waals surface area contributed by atoms with Crippen LogP contribution >= 0.6 is 0 Å². The summed E-state index contributed by atoms with van der Waals surface area (Å²) < 4.78 is 11.9. The van der Waals surface area contributed by atoms with Crippen LogP contribution < -0.4 is 4.74 Å². The second-order valence-corrected chi connectivity index (χ2v) is 9.47. The van der Waals surface area contributed by atoms with Crippen LogP contribution in [0.3, 0.4) is 0 Å². The van der Waals surface area contributed by atoms with E-state index in [4.69, 9.17) is 9.47 Å². The van der Waals surface area contributed by atoms with Crippen LogP contribution in [0.4, 0.5) is 0 Å². The predicted molar refractivity (Wildman–Crippen MR) is 141 cm³/mol. The molecule has 180 valence electrons. The molecule has 0 fully saturated rings. The molecule has 0 N–H and O–H groups in total. The van der Waals surface area contributed by atoms with Gasteiger partial charge in [-0.3, -0.25) is 0 Å². The first kappa shape index (κ1) is 25.4. The molecule has 0 saturated carbocycles. The largest absolute Gasteiger partial charge is 0.494 e. The lowest BCUT2D eigenvalue weighted by Crippen LogP contribution is -2.14. The van der Waals surface area contributed by atoms with Crippen molar-refractivity contribution in [2.75, 3.05) is 13.2 Å².